The summed E-state index contributed by atoms with van der Waals surface area (Å²) in [4.78, 5) is 4.72. The molecule has 1 N–H and O–H groups in total. The molecule has 0 aromatic heterocycles. The number of rotatable bonds is 6. The minimum absolute atomic E-state index is 0.00399. The first-order valence-corrected chi connectivity index (χ1v) is 11.9. The first-order valence-electron chi connectivity index (χ1n) is 10.5. The van der Waals surface area contributed by atoms with Crippen LogP contribution in [0.2, 0.25) is 0 Å². The Morgan fingerprint density at radius 1 is 0.931 bits per heavy atom. The molecule has 0 saturated carbocycles. The normalized spacial score (nSPS) is 21.9. The number of ether oxygens (including phenoxy) is 1. The summed E-state index contributed by atoms with van der Waals surface area (Å²) in [7, 11) is -3.48. The summed E-state index contributed by atoms with van der Waals surface area (Å²) in [6.07, 6.45) is -0.429. The van der Waals surface area contributed by atoms with Crippen LogP contribution in [0.4, 0.5) is 0 Å². The van der Waals surface area contributed by atoms with Crippen LogP contribution in [0.1, 0.15) is 26.3 Å². The van der Waals surface area contributed by atoms with Crippen LogP contribution in [-0.2, 0) is 20.2 Å². The van der Waals surface area contributed by atoms with Gasteiger partial charge in [0.25, 0.3) is 0 Å². The van der Waals surface area contributed by atoms with Crippen LogP contribution in [-0.4, -0.2) is 99.3 Å². The van der Waals surface area contributed by atoms with E-state index in [2.05, 4.69) is 30.6 Å². The number of piperazine rings is 1. The van der Waals surface area contributed by atoms with Crippen LogP contribution in [0.25, 0.3) is 0 Å². The van der Waals surface area contributed by atoms with Gasteiger partial charge in [-0.3, -0.25) is 9.80 Å². The van der Waals surface area contributed by atoms with Gasteiger partial charge in [0.15, 0.2) is 0 Å². The van der Waals surface area contributed by atoms with Crippen molar-refractivity contribution in [3.8, 4) is 0 Å². The van der Waals surface area contributed by atoms with Gasteiger partial charge >= 0.3 is 0 Å². The summed E-state index contributed by atoms with van der Waals surface area (Å²) >= 11 is 0. The predicted molar refractivity (Wildman–Crippen MR) is 114 cm³/mol. The maximum Gasteiger partial charge on any atom is 0.243 e. The zero-order valence-electron chi connectivity index (χ0n) is 17.9. The Balaban J connectivity index is 1.51. The molecule has 0 radical (unpaired) electrons. The first-order chi connectivity index (χ1) is 13.7. The Labute approximate surface area is 175 Å². The third kappa shape index (κ3) is 5.99. The van der Waals surface area contributed by atoms with E-state index in [0.717, 1.165) is 31.9 Å². The molecule has 2 fully saturated rings. The van der Waals surface area contributed by atoms with Crippen molar-refractivity contribution < 1.29 is 18.3 Å². The molecule has 1 aromatic carbocycles. The smallest absolute Gasteiger partial charge is 0.243 e. The second kappa shape index (κ2) is 9.41. The number of morpholine rings is 1. The molecule has 1 atom stereocenters. The van der Waals surface area contributed by atoms with Gasteiger partial charge in [0.05, 0.1) is 24.2 Å². The molecule has 2 heterocycles. The van der Waals surface area contributed by atoms with E-state index in [1.165, 1.54) is 0 Å². The number of aliphatic hydroxyl groups excluding tert-OH is 1. The summed E-state index contributed by atoms with van der Waals surface area (Å²) in [5, 5.41) is 10.4. The average Bonchev–Trinajstić information content (AvgIpc) is 2.68. The highest BCUT2D eigenvalue weighted by Crippen LogP contribution is 2.25. The van der Waals surface area contributed by atoms with Gasteiger partial charge in [-0.25, -0.2) is 8.42 Å². The second-order valence-corrected chi connectivity index (χ2v) is 11.0. The van der Waals surface area contributed by atoms with Crippen molar-refractivity contribution in [2.45, 2.75) is 37.2 Å². The number of benzene rings is 1. The summed E-state index contributed by atoms with van der Waals surface area (Å²) in [6.45, 7) is 12.9. The molecule has 29 heavy (non-hydrogen) atoms. The molecule has 1 aromatic rings. The van der Waals surface area contributed by atoms with E-state index in [9.17, 15) is 13.5 Å². The summed E-state index contributed by atoms with van der Waals surface area (Å²) in [5.74, 6) is 0. The molecule has 2 aliphatic rings. The average molecular weight is 426 g/mol. The molecule has 8 heteroatoms. The lowest BCUT2D eigenvalue weighted by Crippen LogP contribution is -2.52. The number of nitrogens with zero attached hydrogens (tertiary/aromatic N) is 3. The maximum absolute atomic E-state index is 13.0. The van der Waals surface area contributed by atoms with Crippen LogP contribution >= 0.6 is 0 Å². The number of hydrogen-bond acceptors (Lipinski definition) is 6. The van der Waals surface area contributed by atoms with Gasteiger partial charge < -0.3 is 9.84 Å². The maximum atomic E-state index is 13.0. The van der Waals surface area contributed by atoms with Crippen LogP contribution in [0.5, 0.6) is 0 Å². The van der Waals surface area contributed by atoms with Gasteiger partial charge in [-0.2, -0.15) is 4.31 Å². The molecule has 2 aliphatic heterocycles. The molecule has 0 aliphatic carbocycles. The fraction of sp³-hybridized carbons (Fsp3) is 0.714. The third-order valence-electron chi connectivity index (χ3n) is 5.73. The summed E-state index contributed by atoms with van der Waals surface area (Å²) in [6, 6.07) is 7.25. The largest absolute Gasteiger partial charge is 0.390 e. The molecular formula is C21H35N3O4S. The molecule has 0 bridgehead atoms. The van der Waals surface area contributed by atoms with Gasteiger partial charge in [-0.05, 0) is 23.1 Å². The minimum Gasteiger partial charge on any atom is -0.390 e. The lowest BCUT2D eigenvalue weighted by atomic mass is 9.87. The highest BCUT2D eigenvalue weighted by molar-refractivity contribution is 7.89. The molecular weight excluding hydrogens is 390 g/mol. The van der Waals surface area contributed by atoms with E-state index in [1.54, 1.807) is 16.4 Å². The van der Waals surface area contributed by atoms with E-state index in [-0.39, 0.29) is 5.41 Å². The molecule has 1 unspecified atom stereocenters. The van der Waals surface area contributed by atoms with Crippen LogP contribution in [0, 0.1) is 0 Å². The number of sulfonamides is 1. The Morgan fingerprint density at radius 3 is 1.97 bits per heavy atom. The standard InChI is InChI=1S/C21H35N3O4S/c1-21(2,3)18-4-6-20(7-5-18)29(26,27)24-10-8-22(9-11-24)16-19(25)17-23-12-14-28-15-13-23/h4-7,19,25H,8-17H2,1-3H3. The second-order valence-electron chi connectivity index (χ2n) is 9.05. The van der Waals surface area contributed by atoms with Crippen molar-refractivity contribution in [2.75, 3.05) is 65.6 Å². The van der Waals surface area contributed by atoms with E-state index >= 15 is 0 Å². The Hall–Kier alpha value is -1.03. The quantitative estimate of drug-likeness (QED) is 0.733. The summed E-state index contributed by atoms with van der Waals surface area (Å²) < 4.78 is 32.9. The van der Waals surface area contributed by atoms with Crippen molar-refractivity contribution in [1.82, 2.24) is 14.1 Å². The Kier molecular flexibility index (Phi) is 7.35. The van der Waals surface area contributed by atoms with Crippen LogP contribution in [0.3, 0.4) is 0 Å². The SMILES string of the molecule is CC(C)(C)c1ccc(S(=O)(=O)N2CCN(CC(O)CN3CCOCC3)CC2)cc1. The predicted octanol–water partition coefficient (Wildman–Crippen LogP) is 0.984. The van der Waals surface area contributed by atoms with Crippen molar-refractivity contribution in [1.29, 1.82) is 0 Å². The zero-order chi connectivity index (χ0) is 21.1. The fourth-order valence-electron chi connectivity index (χ4n) is 3.87. The van der Waals surface area contributed by atoms with Crippen molar-refractivity contribution in [2.24, 2.45) is 0 Å². The third-order valence-corrected chi connectivity index (χ3v) is 7.64. The monoisotopic (exact) mass is 425 g/mol. The topological polar surface area (TPSA) is 73.3 Å². The van der Waals surface area contributed by atoms with Gasteiger partial charge in [0.2, 0.25) is 10.0 Å². The van der Waals surface area contributed by atoms with Gasteiger partial charge in [0.1, 0.15) is 0 Å². The van der Waals surface area contributed by atoms with Gasteiger partial charge in [-0.15, -0.1) is 0 Å². The van der Waals surface area contributed by atoms with E-state index < -0.39 is 16.1 Å². The molecule has 164 valence electrons. The molecule has 0 amide bonds. The highest BCUT2D eigenvalue weighted by Gasteiger charge is 2.29. The molecule has 2 saturated heterocycles. The molecule has 7 nitrogen and oxygen atoms in total. The van der Waals surface area contributed by atoms with Crippen molar-refractivity contribution in [3.05, 3.63) is 29.8 Å². The highest BCUT2D eigenvalue weighted by atomic mass is 32.2. The lowest BCUT2D eigenvalue weighted by Gasteiger charge is -2.36. The van der Waals surface area contributed by atoms with E-state index in [4.69, 9.17) is 4.74 Å². The number of hydrogen-bond donors (Lipinski definition) is 1. The summed E-state index contributed by atoms with van der Waals surface area (Å²) in [5.41, 5.74) is 1.12. The zero-order valence-corrected chi connectivity index (χ0v) is 18.7. The van der Waals surface area contributed by atoms with E-state index in [1.807, 2.05) is 12.1 Å². The van der Waals surface area contributed by atoms with Gasteiger partial charge in [-0.1, -0.05) is 32.9 Å². The van der Waals surface area contributed by atoms with E-state index in [0.29, 0.717) is 44.2 Å². The van der Waals surface area contributed by atoms with Crippen LogP contribution < -0.4 is 0 Å². The van der Waals surface area contributed by atoms with Crippen molar-refractivity contribution in [3.63, 3.8) is 0 Å². The molecule has 0 spiro atoms. The van der Waals surface area contributed by atoms with Gasteiger partial charge in [0, 0.05) is 52.4 Å². The minimum atomic E-state index is -3.48. The van der Waals surface area contributed by atoms with Crippen LogP contribution in [0.15, 0.2) is 29.2 Å². The molecule has 3 rings (SSSR count). The first kappa shape index (κ1) is 22.7. The Bertz CT molecular complexity index is 747. The van der Waals surface area contributed by atoms with Crippen molar-refractivity contribution >= 4 is 10.0 Å². The number of aliphatic hydroxyl groups is 1. The number of β-amino-alcohol motifs (C(OH)–C–C–N with tert-alkyl or cyclic N) is 1. The Morgan fingerprint density at radius 2 is 1.45 bits per heavy atom. The lowest BCUT2D eigenvalue weighted by molar-refractivity contribution is 0.00469. The fourth-order valence-corrected chi connectivity index (χ4v) is 5.29.